The van der Waals surface area contributed by atoms with Crippen molar-refractivity contribution in [1.82, 2.24) is 5.43 Å². The number of sulfonamides is 1. The summed E-state index contributed by atoms with van der Waals surface area (Å²) in [5.41, 5.74) is 3.30. The van der Waals surface area contributed by atoms with Gasteiger partial charge >= 0.3 is 0 Å². The largest absolute Gasteiger partial charge is 0.491 e. The summed E-state index contributed by atoms with van der Waals surface area (Å²) in [5.74, 6) is 0.140. The van der Waals surface area contributed by atoms with Gasteiger partial charge in [-0.3, -0.25) is 9.10 Å². The minimum atomic E-state index is -3.71. The van der Waals surface area contributed by atoms with Crippen molar-refractivity contribution in [2.75, 3.05) is 17.1 Å². The number of ether oxygens (including phenoxy) is 1. The maximum Gasteiger partial charge on any atom is 0.260 e. The van der Waals surface area contributed by atoms with Crippen molar-refractivity contribution in [1.29, 1.82) is 0 Å². The minimum Gasteiger partial charge on any atom is -0.491 e. The van der Waals surface area contributed by atoms with E-state index in [0.29, 0.717) is 0 Å². The molecule has 0 aliphatic heterocycles. The Balaban J connectivity index is 2.01. The van der Waals surface area contributed by atoms with Gasteiger partial charge in [-0.05, 0) is 55.8 Å². The van der Waals surface area contributed by atoms with Crippen molar-refractivity contribution in [3.8, 4) is 5.75 Å². The van der Waals surface area contributed by atoms with Crippen LogP contribution in [0.15, 0.2) is 53.6 Å². The molecule has 9 heteroatoms. The molecule has 0 fully saturated rings. The lowest BCUT2D eigenvalue weighted by atomic mass is 10.2. The van der Waals surface area contributed by atoms with Crippen LogP contribution in [0.2, 0.25) is 5.02 Å². The average molecular weight is 424 g/mol. The molecular formula is C19H22ClN3O4S. The Kier molecular flexibility index (Phi) is 7.42. The van der Waals surface area contributed by atoms with E-state index in [2.05, 4.69) is 10.5 Å². The van der Waals surface area contributed by atoms with Gasteiger partial charge in [-0.25, -0.2) is 13.8 Å². The second-order valence-corrected chi connectivity index (χ2v) is 8.56. The van der Waals surface area contributed by atoms with Crippen molar-refractivity contribution in [2.45, 2.75) is 20.0 Å². The van der Waals surface area contributed by atoms with Gasteiger partial charge in [-0.15, -0.1) is 0 Å². The van der Waals surface area contributed by atoms with E-state index in [1.165, 1.54) is 12.3 Å². The molecule has 0 bridgehead atoms. The molecule has 0 saturated carbocycles. The molecule has 2 aromatic carbocycles. The summed E-state index contributed by atoms with van der Waals surface area (Å²) in [5, 5.41) is 4.09. The van der Waals surface area contributed by atoms with Crippen LogP contribution in [0.3, 0.4) is 0 Å². The molecular weight excluding hydrogens is 402 g/mol. The monoisotopic (exact) mass is 423 g/mol. The lowest BCUT2D eigenvalue weighted by Gasteiger charge is -2.22. The van der Waals surface area contributed by atoms with Crippen LogP contribution in [0.25, 0.3) is 0 Å². The highest BCUT2D eigenvalue weighted by Crippen LogP contribution is 2.26. The maximum atomic E-state index is 12.2. The van der Waals surface area contributed by atoms with E-state index >= 15 is 0 Å². The van der Waals surface area contributed by atoms with E-state index in [0.717, 1.165) is 21.9 Å². The van der Waals surface area contributed by atoms with E-state index in [4.69, 9.17) is 16.3 Å². The fourth-order valence-electron chi connectivity index (χ4n) is 2.28. The molecule has 7 nitrogen and oxygen atoms in total. The smallest absolute Gasteiger partial charge is 0.260 e. The molecule has 0 aliphatic carbocycles. The van der Waals surface area contributed by atoms with Crippen molar-refractivity contribution < 1.29 is 17.9 Å². The molecule has 0 heterocycles. The number of halogens is 1. The second-order valence-electron chi connectivity index (χ2n) is 6.25. The fraction of sp³-hybridized carbons (Fsp3) is 0.263. The zero-order valence-electron chi connectivity index (χ0n) is 15.8. The summed E-state index contributed by atoms with van der Waals surface area (Å²) < 4.78 is 30.6. The van der Waals surface area contributed by atoms with Crippen molar-refractivity contribution in [2.24, 2.45) is 5.10 Å². The molecule has 28 heavy (non-hydrogen) atoms. The Hall–Kier alpha value is -2.58. The number of nitrogens with zero attached hydrogens (tertiary/aromatic N) is 2. The third kappa shape index (κ3) is 6.54. The average Bonchev–Trinajstić information content (AvgIpc) is 2.60. The number of amides is 1. The third-order valence-corrected chi connectivity index (χ3v) is 4.91. The maximum absolute atomic E-state index is 12.2. The molecule has 1 N–H and O–H groups in total. The molecule has 1 amide bonds. The molecule has 0 aromatic heterocycles. The number of hydrazone groups is 1. The summed E-state index contributed by atoms with van der Waals surface area (Å²) in [6.07, 6.45) is 2.54. The quantitative estimate of drug-likeness (QED) is 0.522. The van der Waals surface area contributed by atoms with Gasteiger partial charge in [0, 0.05) is 0 Å². The number of benzene rings is 2. The van der Waals surface area contributed by atoms with Gasteiger partial charge in [-0.2, -0.15) is 5.10 Å². The molecule has 2 aromatic rings. The topological polar surface area (TPSA) is 88.1 Å². The van der Waals surface area contributed by atoms with Crippen LogP contribution in [-0.2, 0) is 14.8 Å². The van der Waals surface area contributed by atoms with Crippen LogP contribution in [0, 0.1) is 0 Å². The Morgan fingerprint density at radius 3 is 2.43 bits per heavy atom. The van der Waals surface area contributed by atoms with E-state index in [1.807, 2.05) is 13.8 Å². The molecule has 0 atom stereocenters. The second kappa shape index (κ2) is 9.57. The third-order valence-electron chi connectivity index (χ3n) is 3.46. The number of para-hydroxylation sites is 1. The van der Waals surface area contributed by atoms with Crippen molar-refractivity contribution in [3.05, 3.63) is 59.1 Å². The predicted molar refractivity (Wildman–Crippen MR) is 112 cm³/mol. The molecule has 0 aliphatic rings. The number of nitrogens with one attached hydrogen (secondary N) is 1. The number of hydrogen-bond acceptors (Lipinski definition) is 5. The van der Waals surface area contributed by atoms with Gasteiger partial charge < -0.3 is 4.74 Å². The van der Waals surface area contributed by atoms with Gasteiger partial charge in [0.25, 0.3) is 5.91 Å². The zero-order valence-corrected chi connectivity index (χ0v) is 17.4. The van der Waals surface area contributed by atoms with Crippen LogP contribution in [0.5, 0.6) is 5.75 Å². The first-order valence-electron chi connectivity index (χ1n) is 8.47. The number of carbonyl (C=O) groups excluding carboxylic acids is 1. The zero-order chi connectivity index (χ0) is 20.7. The summed E-state index contributed by atoms with van der Waals surface area (Å²) in [6, 6.07) is 13.6. The van der Waals surface area contributed by atoms with Gasteiger partial charge in [0.1, 0.15) is 12.3 Å². The molecule has 0 spiro atoms. The summed E-state index contributed by atoms with van der Waals surface area (Å²) in [4.78, 5) is 12.2. The predicted octanol–water partition coefficient (Wildman–Crippen LogP) is 3.04. The Morgan fingerprint density at radius 1 is 1.21 bits per heavy atom. The molecule has 2 rings (SSSR count). The van der Waals surface area contributed by atoms with Crippen LogP contribution >= 0.6 is 11.6 Å². The van der Waals surface area contributed by atoms with Crippen LogP contribution < -0.4 is 14.5 Å². The first-order chi connectivity index (χ1) is 13.2. The van der Waals surface area contributed by atoms with Gasteiger partial charge in [0.15, 0.2) is 0 Å². The molecule has 0 saturated heterocycles. The standard InChI is InChI=1S/C19H22ClN3O4S/c1-14(2)27-16-10-8-15(9-11-16)12-21-22-19(24)13-23(28(3,25)26)18-7-5-4-6-17(18)20/h4-12,14H,13H2,1-3H3,(H,22,24)/b21-12-. The van der Waals surface area contributed by atoms with Crippen molar-refractivity contribution in [3.63, 3.8) is 0 Å². The first-order valence-corrected chi connectivity index (χ1v) is 10.7. The SMILES string of the molecule is CC(C)Oc1ccc(/C=N\NC(=O)CN(c2ccccc2Cl)S(C)(=O)=O)cc1. The lowest BCUT2D eigenvalue weighted by Crippen LogP contribution is -2.39. The number of anilines is 1. The first kappa shape index (κ1) is 21.7. The molecule has 0 radical (unpaired) electrons. The van der Waals surface area contributed by atoms with Gasteiger partial charge in [0.05, 0.1) is 29.3 Å². The van der Waals surface area contributed by atoms with E-state index in [1.54, 1.807) is 42.5 Å². The van der Waals surface area contributed by atoms with E-state index < -0.39 is 22.5 Å². The number of carbonyl (C=O) groups is 1. The number of hydrogen-bond donors (Lipinski definition) is 1. The Labute approximate surface area is 170 Å². The summed E-state index contributed by atoms with van der Waals surface area (Å²) in [7, 11) is -3.71. The van der Waals surface area contributed by atoms with Crippen LogP contribution in [0.1, 0.15) is 19.4 Å². The lowest BCUT2D eigenvalue weighted by molar-refractivity contribution is -0.119. The molecule has 150 valence electrons. The highest BCUT2D eigenvalue weighted by Gasteiger charge is 2.22. The number of rotatable bonds is 8. The van der Waals surface area contributed by atoms with Gasteiger partial charge in [-0.1, -0.05) is 23.7 Å². The minimum absolute atomic E-state index is 0.0784. The van der Waals surface area contributed by atoms with Crippen LogP contribution in [0.4, 0.5) is 5.69 Å². The van der Waals surface area contributed by atoms with E-state index in [9.17, 15) is 13.2 Å². The highest BCUT2D eigenvalue weighted by molar-refractivity contribution is 7.92. The Morgan fingerprint density at radius 2 is 1.86 bits per heavy atom. The Bertz CT molecular complexity index is 944. The van der Waals surface area contributed by atoms with Gasteiger partial charge in [0.2, 0.25) is 10.0 Å². The normalized spacial score (nSPS) is 11.6. The fourth-order valence-corrected chi connectivity index (χ4v) is 3.44. The molecule has 0 unspecified atom stereocenters. The highest BCUT2D eigenvalue weighted by atomic mass is 35.5. The van der Waals surface area contributed by atoms with E-state index in [-0.39, 0.29) is 16.8 Å². The van der Waals surface area contributed by atoms with Crippen molar-refractivity contribution >= 4 is 39.4 Å². The summed E-state index contributed by atoms with van der Waals surface area (Å²) in [6.45, 7) is 3.43. The van der Waals surface area contributed by atoms with Crippen LogP contribution in [-0.4, -0.2) is 39.4 Å². The summed E-state index contributed by atoms with van der Waals surface area (Å²) >= 11 is 6.06.